The van der Waals surface area contributed by atoms with Gasteiger partial charge in [0.1, 0.15) is 82.5 Å². The van der Waals surface area contributed by atoms with Crippen molar-refractivity contribution in [2.24, 2.45) is 0 Å². The van der Waals surface area contributed by atoms with Crippen molar-refractivity contribution in [3.8, 4) is 32.4 Å². The Bertz CT molecular complexity index is 6350. The molecule has 0 aliphatic heterocycles. The molecule has 0 atom stereocenters. The number of rotatable bonds is 15. The number of hydrogen-bond acceptors (Lipinski definition) is 46. The molecule has 12 rings (SSSR count). The molecule has 6 aromatic heterocycles. The lowest BCUT2D eigenvalue weighted by atomic mass is 10.2. The van der Waals surface area contributed by atoms with Crippen LogP contribution in [-0.4, -0.2) is 204 Å². The van der Waals surface area contributed by atoms with Gasteiger partial charge in [0.15, 0.2) is 0 Å². The van der Waals surface area contributed by atoms with E-state index < -0.39 is 107 Å². The number of carbonyl (C=O) groups excluding carboxylic acids is 4. The molecule has 0 radical (unpaired) electrons. The highest BCUT2D eigenvalue weighted by molar-refractivity contribution is 8.10. The third kappa shape index (κ3) is 93.5. The van der Waals surface area contributed by atoms with Gasteiger partial charge in [-0.1, -0.05) is 121 Å². The minimum Gasteiger partial charge on any atom is -0.469 e. The van der Waals surface area contributed by atoms with Crippen LogP contribution in [0, 0.1) is 64.0 Å². The van der Waals surface area contributed by atoms with Crippen LogP contribution in [0.5, 0.6) is 0 Å². The molecule has 6 aromatic carbocycles. The summed E-state index contributed by atoms with van der Waals surface area (Å²) in [5.41, 5.74) is 2.02. The SMILES string of the molecule is CC(=O)CS(=O)(=O)O.CC(=O)OCOP(=O)(O)O.CNC(=S)CCS(=O)(=O)O.COC(=O)CCS(=O)(=O)O.COC(=O)OCS(=O)(=O)O.CSC#N.CSC#N.CSC#N.CSC#N.CSC#N.CSC#N.CSCS(=O)(=O)O.O=c1ccc2ccccc2o1.O=c1ccc2ccccc2o1.O=c1ccc2ccccc2o1.O=c1ccc2ccccc2o1.O=c1ccc2ccccc2o1.O=c1ccc2ccccc2o1. The number of para-hydroxylation sites is 6. The van der Waals surface area contributed by atoms with Crippen LogP contribution in [-0.2, 0) is 93.0 Å². The van der Waals surface area contributed by atoms with Crippen molar-refractivity contribution in [1.82, 2.24) is 5.32 Å². The van der Waals surface area contributed by atoms with Gasteiger partial charge in [0.2, 0.25) is 12.7 Å². The van der Waals surface area contributed by atoms with E-state index in [0.717, 1.165) is 143 Å². The summed E-state index contributed by atoms with van der Waals surface area (Å²) in [6.45, 7) is 1.47. The van der Waals surface area contributed by atoms with E-state index in [0.29, 0.717) is 38.5 Å². The molecule has 46 nitrogen and oxygen atoms in total. The Kier molecular flexibility index (Phi) is 84.6. The fourth-order valence-electron chi connectivity index (χ4n) is 7.49. The molecule has 0 saturated heterocycles. The monoisotopic (exact) mass is 2290 g/mol. The second-order valence-electron chi connectivity index (χ2n) is 23.9. The Morgan fingerprint density at radius 1 is 0.372 bits per heavy atom. The molecule has 6 heterocycles. The number of Topliss-reactive ketones (excluding diaryl/α,β-unsaturated/α-hetero) is 1. The number of phosphoric acid groups is 1. The molecule has 0 amide bonds. The zero-order valence-electron chi connectivity index (χ0n) is 78.1. The number of nitriles is 6. The van der Waals surface area contributed by atoms with Crippen LogP contribution < -0.4 is 39.1 Å². The van der Waals surface area contributed by atoms with Crippen molar-refractivity contribution in [1.29, 1.82) is 31.6 Å². The second-order valence-corrected chi connectivity index (χ2v) is 37.9. The summed E-state index contributed by atoms with van der Waals surface area (Å²) in [6, 6.07) is 63.5. The predicted molar refractivity (Wildman–Crippen MR) is 562 cm³/mol. The number of esters is 2. The molecule has 60 heteroatoms. The normalized spacial score (nSPS) is 9.66. The van der Waals surface area contributed by atoms with Crippen LogP contribution in [0.2, 0.25) is 0 Å². The number of nitrogens with zero attached hydrogens (tertiary/aromatic N) is 6. The van der Waals surface area contributed by atoms with E-state index in [1.807, 2.05) is 142 Å². The standard InChI is InChI=1S/6C9H6O2.C4H9NO3S2.C4H8O5S.C3H7O6P.C3H6O6S.C3H6O4S.6C2H3NS.C2H6O3S2/c6*10-9-6-5-7-3-1-2-4-8(7)11-9;1-5-4(9)2-3-10(6,7)8;1-9-4(5)2-3-10(6,7)8;1-3(4)8-2-9-10(5,6)7;1-8-3(4)9-2-10(5,6)7;1-3(4)2-8(5,6)7;6*1-4-2-3;1-6-2-7(3,4)5/h6*1-6H;2-3H2,1H3,(H,5,9)(H,6,7,8);2-3H2,1H3,(H,6,7,8);2H2,1H3,(H2,5,6,7);2H2,1H3,(H,5,6,7);2H2,1H3,(H,5,6,7);6*1H3;2H2,1H3,(H,3,4,5). The average molecular weight is 2290 g/mol. The maximum atomic E-state index is 10.7. The van der Waals surface area contributed by atoms with Crippen LogP contribution in [0.15, 0.2) is 274 Å². The molecule has 0 unspecified atom stereocenters. The molecule has 0 aliphatic rings. The van der Waals surface area contributed by atoms with Gasteiger partial charge in [-0.3, -0.25) is 37.1 Å². The number of hydrogen-bond donors (Lipinski definition) is 8. The van der Waals surface area contributed by atoms with Crippen LogP contribution in [0.1, 0.15) is 26.7 Å². The molecule has 12 aromatic rings. The fraction of sp³-hybridized carbons (Fsp3) is 0.235. The summed E-state index contributed by atoms with van der Waals surface area (Å²) in [7, 11) is -20.7. The van der Waals surface area contributed by atoms with Gasteiger partial charge < -0.3 is 60.6 Å². The van der Waals surface area contributed by atoms with E-state index in [-0.39, 0.29) is 57.4 Å². The van der Waals surface area contributed by atoms with Gasteiger partial charge in [0.05, 0.1) is 37.1 Å². The number of nitrogens with one attached hydrogen (secondary N) is 1. The summed E-state index contributed by atoms with van der Waals surface area (Å²) in [5, 5.41) is 64.7. The quantitative estimate of drug-likeness (QED) is 0.00690. The smallest absolute Gasteiger partial charge is 0.469 e. The summed E-state index contributed by atoms with van der Waals surface area (Å²) >= 11 is 12.7. The van der Waals surface area contributed by atoms with Gasteiger partial charge in [-0.25, -0.2) is 42.7 Å². The lowest BCUT2D eigenvalue weighted by Crippen LogP contribution is -2.19. The summed E-state index contributed by atoms with van der Waals surface area (Å²) in [6.07, 6.45) is 10.7. The van der Waals surface area contributed by atoms with Crippen molar-refractivity contribution in [3.63, 3.8) is 0 Å². The highest BCUT2D eigenvalue weighted by Crippen LogP contribution is 2.35. The Morgan fingerprint density at radius 2 is 0.607 bits per heavy atom. The van der Waals surface area contributed by atoms with Crippen molar-refractivity contribution in [2.75, 3.05) is 100 Å². The van der Waals surface area contributed by atoms with E-state index in [1.54, 1.807) is 124 Å². The number of thiocarbonyl (C=S) groups is 1. The fourth-order valence-corrected chi connectivity index (χ4v) is 10.8. The Hall–Kier alpha value is -12.6. The molecular weight excluding hydrogens is 2190 g/mol. The zero-order valence-corrected chi connectivity index (χ0v) is 89.6. The molecule has 0 spiro atoms. The largest absolute Gasteiger partial charge is 0.509 e. The van der Waals surface area contributed by atoms with E-state index >= 15 is 0 Å². The van der Waals surface area contributed by atoms with Crippen molar-refractivity contribution < 1.29 is 148 Å². The predicted octanol–water partition coefficient (Wildman–Crippen LogP) is 13.9. The number of fused-ring (bicyclic) bond motifs is 6. The third-order valence-electron chi connectivity index (χ3n) is 13.0. The van der Waals surface area contributed by atoms with E-state index in [9.17, 15) is 94.6 Å². The first-order valence-corrected chi connectivity index (χ1v) is 56.7. The molecule has 0 fully saturated rings. The molecule has 0 aliphatic carbocycles. The lowest BCUT2D eigenvalue weighted by molar-refractivity contribution is -0.148. The number of phosphoric ester groups is 1. The van der Waals surface area contributed by atoms with Gasteiger partial charge in [-0.2, -0.15) is 73.7 Å². The molecular formula is C85H96N7O39PS13. The Balaban J connectivity index is -0.000000357. The number of ether oxygens (including phenoxy) is 4. The number of thioether (sulfide) groups is 7. The van der Waals surface area contributed by atoms with Gasteiger partial charge in [0, 0.05) is 89.1 Å². The topological polar surface area (TPSA) is 780 Å². The Morgan fingerprint density at radius 3 is 0.759 bits per heavy atom. The van der Waals surface area contributed by atoms with E-state index in [4.69, 9.17) is 90.6 Å². The average Bonchev–Trinajstić information content (AvgIpc) is 0.876. The highest BCUT2D eigenvalue weighted by atomic mass is 32.3. The maximum absolute atomic E-state index is 10.7. The first-order valence-electron chi connectivity index (χ1n) is 37.9. The first kappa shape index (κ1) is 143. The molecule has 145 heavy (non-hydrogen) atoms. The lowest BCUT2D eigenvalue weighted by Gasteiger charge is -2.03. The van der Waals surface area contributed by atoms with Crippen molar-refractivity contribution >= 4 is 248 Å². The molecule has 0 bridgehead atoms. The van der Waals surface area contributed by atoms with Gasteiger partial charge in [-0.15, -0.1) is 11.8 Å². The highest BCUT2D eigenvalue weighted by Gasteiger charge is 2.14. The second kappa shape index (κ2) is 85.8. The van der Waals surface area contributed by atoms with E-state index in [1.165, 1.54) is 36.4 Å². The summed E-state index contributed by atoms with van der Waals surface area (Å²) in [4.78, 5) is 121. The van der Waals surface area contributed by atoms with Crippen LogP contribution in [0.4, 0.5) is 4.79 Å². The number of methoxy groups -OCH3 is 2. The number of carbonyl (C=O) groups is 4. The maximum Gasteiger partial charge on any atom is 0.509 e. The van der Waals surface area contributed by atoms with Crippen molar-refractivity contribution in [2.45, 2.75) is 26.7 Å². The zero-order chi connectivity index (χ0) is 112. The van der Waals surface area contributed by atoms with Gasteiger partial charge in [0.25, 0.3) is 40.5 Å². The Labute approximate surface area is 866 Å². The third-order valence-corrected chi connectivity index (χ3v) is 19.7. The van der Waals surface area contributed by atoms with Gasteiger partial charge >= 0.3 is 69.8 Å². The van der Waals surface area contributed by atoms with Crippen molar-refractivity contribution in [3.05, 3.63) is 281 Å². The summed E-state index contributed by atoms with van der Waals surface area (Å²) < 4.78 is 198. The van der Waals surface area contributed by atoms with Crippen LogP contribution >= 0.6 is 102 Å². The number of benzene rings is 6. The molecule has 8 N–H and O–H groups in total. The minimum absolute atomic E-state index is 0.171. The number of thiocyanates is 6. The molecule has 0 saturated carbocycles. The van der Waals surface area contributed by atoms with Crippen LogP contribution in [0.3, 0.4) is 0 Å². The van der Waals surface area contributed by atoms with Crippen LogP contribution in [0.25, 0.3) is 65.8 Å². The van der Waals surface area contributed by atoms with E-state index in [2.05, 4.69) is 41.0 Å². The minimum atomic E-state index is -4.50. The van der Waals surface area contributed by atoms with Gasteiger partial charge in [-0.05, 0) is 194 Å². The number of ketones is 1. The summed E-state index contributed by atoms with van der Waals surface area (Å²) in [5.74, 6) is -4.64. The first-order chi connectivity index (χ1) is 67.9. The molecule has 788 valence electrons.